The van der Waals surface area contributed by atoms with E-state index in [9.17, 15) is 13.2 Å². The van der Waals surface area contributed by atoms with Crippen molar-refractivity contribution in [2.45, 2.75) is 56.9 Å². The first-order valence-electron chi connectivity index (χ1n) is 9.83. The quantitative estimate of drug-likeness (QED) is 0.787. The first kappa shape index (κ1) is 20.1. The van der Waals surface area contributed by atoms with Crippen LogP contribution in [0.2, 0.25) is 0 Å². The number of methoxy groups -OCH3 is 1. The third kappa shape index (κ3) is 4.14. The van der Waals surface area contributed by atoms with Crippen molar-refractivity contribution in [2.75, 3.05) is 26.7 Å². The average molecular weight is 395 g/mol. The summed E-state index contributed by atoms with van der Waals surface area (Å²) in [5.41, 5.74) is 0.410. The van der Waals surface area contributed by atoms with Crippen LogP contribution in [-0.4, -0.2) is 56.3 Å². The van der Waals surface area contributed by atoms with E-state index >= 15 is 0 Å². The maximum Gasteiger partial charge on any atom is 0.253 e. The van der Waals surface area contributed by atoms with E-state index in [1.54, 1.807) is 16.4 Å². The van der Waals surface area contributed by atoms with Gasteiger partial charge in [0.25, 0.3) is 5.91 Å². The number of benzene rings is 1. The normalized spacial score (nSPS) is 24.6. The largest absolute Gasteiger partial charge is 0.495 e. The molecule has 1 aromatic rings. The number of hydrogen-bond donors (Lipinski definition) is 0. The average Bonchev–Trinajstić information content (AvgIpc) is 2.67. The van der Waals surface area contributed by atoms with E-state index in [0.29, 0.717) is 18.0 Å². The zero-order valence-electron chi connectivity index (χ0n) is 16.5. The predicted molar refractivity (Wildman–Crippen MR) is 105 cm³/mol. The van der Waals surface area contributed by atoms with E-state index in [0.717, 1.165) is 45.2 Å². The van der Waals surface area contributed by atoms with Crippen LogP contribution in [-0.2, 0) is 10.0 Å². The number of likely N-dealkylation sites (tertiary alicyclic amines) is 1. The van der Waals surface area contributed by atoms with E-state index in [1.165, 1.54) is 13.2 Å². The number of carbonyl (C=O) groups is 1. The van der Waals surface area contributed by atoms with Gasteiger partial charge >= 0.3 is 0 Å². The zero-order chi connectivity index (χ0) is 19.6. The van der Waals surface area contributed by atoms with Crippen LogP contribution in [0.1, 0.15) is 56.3 Å². The Bertz CT molecular complexity index is 793. The minimum Gasteiger partial charge on any atom is -0.495 e. The van der Waals surface area contributed by atoms with Gasteiger partial charge in [-0.2, -0.15) is 4.31 Å². The van der Waals surface area contributed by atoms with Gasteiger partial charge < -0.3 is 9.64 Å². The molecule has 2 saturated heterocycles. The molecule has 2 aliphatic rings. The van der Waals surface area contributed by atoms with E-state index in [2.05, 4.69) is 6.92 Å². The molecule has 27 heavy (non-hydrogen) atoms. The number of rotatable bonds is 4. The Morgan fingerprint density at radius 2 is 1.89 bits per heavy atom. The van der Waals surface area contributed by atoms with Crippen LogP contribution in [0.25, 0.3) is 0 Å². The molecule has 2 fully saturated rings. The summed E-state index contributed by atoms with van der Waals surface area (Å²) in [6, 6.07) is 4.72. The molecule has 7 heteroatoms. The molecule has 0 aromatic heterocycles. The van der Waals surface area contributed by atoms with Gasteiger partial charge in [0.2, 0.25) is 10.0 Å². The van der Waals surface area contributed by atoms with E-state index in [-0.39, 0.29) is 22.6 Å². The molecule has 0 aliphatic carbocycles. The highest BCUT2D eigenvalue weighted by Crippen LogP contribution is 2.32. The summed E-state index contributed by atoms with van der Waals surface area (Å²) < 4.78 is 33.5. The fraction of sp³-hybridized carbons (Fsp3) is 0.650. The lowest BCUT2D eigenvalue weighted by atomic mass is 9.99. The maximum atomic E-state index is 13.3. The standard InChI is InChI=1S/C20H30N2O4S/c1-15-7-6-11-21(14-15)20(23)17-9-10-18(26-3)19(13-17)27(24,25)22-12-5-4-8-16(22)2/h9-10,13,15-16H,4-8,11-12,14H2,1-3H3. The Morgan fingerprint density at radius 3 is 2.56 bits per heavy atom. The summed E-state index contributed by atoms with van der Waals surface area (Å²) in [7, 11) is -2.25. The van der Waals surface area contributed by atoms with Crippen molar-refractivity contribution in [1.29, 1.82) is 0 Å². The number of ether oxygens (including phenoxy) is 1. The Balaban J connectivity index is 1.95. The second kappa shape index (κ2) is 8.19. The maximum absolute atomic E-state index is 13.3. The number of piperidine rings is 2. The highest BCUT2D eigenvalue weighted by atomic mass is 32.2. The smallest absolute Gasteiger partial charge is 0.253 e. The molecule has 2 atom stereocenters. The van der Waals surface area contributed by atoms with E-state index < -0.39 is 10.0 Å². The highest BCUT2D eigenvalue weighted by Gasteiger charge is 2.34. The second-order valence-electron chi connectivity index (χ2n) is 7.82. The van der Waals surface area contributed by atoms with Gasteiger partial charge in [-0.15, -0.1) is 0 Å². The highest BCUT2D eigenvalue weighted by molar-refractivity contribution is 7.89. The summed E-state index contributed by atoms with van der Waals surface area (Å²) in [6.45, 7) is 6.03. The molecular weight excluding hydrogens is 364 g/mol. The second-order valence-corrected chi connectivity index (χ2v) is 9.68. The van der Waals surface area contributed by atoms with Crippen LogP contribution >= 0.6 is 0 Å². The van der Waals surface area contributed by atoms with Gasteiger partial charge in [0, 0.05) is 31.2 Å². The molecule has 0 saturated carbocycles. The Hall–Kier alpha value is -1.60. The van der Waals surface area contributed by atoms with E-state index in [4.69, 9.17) is 4.74 Å². The monoisotopic (exact) mass is 394 g/mol. The van der Waals surface area contributed by atoms with Gasteiger partial charge in [0.05, 0.1) is 7.11 Å². The van der Waals surface area contributed by atoms with Gasteiger partial charge in [-0.25, -0.2) is 8.42 Å². The zero-order valence-corrected chi connectivity index (χ0v) is 17.3. The summed E-state index contributed by atoms with van der Waals surface area (Å²) in [5.74, 6) is 0.655. The van der Waals surface area contributed by atoms with E-state index in [1.807, 2.05) is 11.8 Å². The van der Waals surface area contributed by atoms with Crippen molar-refractivity contribution >= 4 is 15.9 Å². The van der Waals surface area contributed by atoms with Gasteiger partial charge in [-0.1, -0.05) is 13.3 Å². The molecule has 6 nitrogen and oxygen atoms in total. The summed E-state index contributed by atoms with van der Waals surface area (Å²) >= 11 is 0. The molecule has 0 radical (unpaired) electrons. The lowest BCUT2D eigenvalue weighted by Crippen LogP contribution is -2.42. The Morgan fingerprint density at radius 1 is 1.11 bits per heavy atom. The van der Waals surface area contributed by atoms with Crippen molar-refractivity contribution in [3.8, 4) is 5.75 Å². The van der Waals surface area contributed by atoms with Gasteiger partial charge in [-0.05, 0) is 56.7 Å². The minimum atomic E-state index is -3.71. The minimum absolute atomic E-state index is 0.0456. The van der Waals surface area contributed by atoms with Crippen LogP contribution in [0.15, 0.2) is 23.1 Å². The summed E-state index contributed by atoms with van der Waals surface area (Å²) in [6.07, 6.45) is 4.86. The number of nitrogens with zero attached hydrogens (tertiary/aromatic N) is 2. The molecular formula is C20H30N2O4S. The molecule has 0 spiro atoms. The summed E-state index contributed by atoms with van der Waals surface area (Å²) in [4.78, 5) is 14.9. The topological polar surface area (TPSA) is 66.9 Å². The summed E-state index contributed by atoms with van der Waals surface area (Å²) in [5, 5.41) is 0. The van der Waals surface area contributed by atoms with Crippen molar-refractivity contribution in [1.82, 2.24) is 9.21 Å². The molecule has 3 rings (SSSR count). The molecule has 0 bridgehead atoms. The van der Waals surface area contributed by atoms with Crippen LogP contribution < -0.4 is 4.74 Å². The fourth-order valence-electron chi connectivity index (χ4n) is 4.12. The number of hydrogen-bond acceptors (Lipinski definition) is 4. The van der Waals surface area contributed by atoms with Crippen molar-refractivity contribution in [3.63, 3.8) is 0 Å². The lowest BCUT2D eigenvalue weighted by molar-refractivity contribution is 0.0682. The SMILES string of the molecule is COc1ccc(C(=O)N2CCCC(C)C2)cc1S(=O)(=O)N1CCCCC1C. The lowest BCUT2D eigenvalue weighted by Gasteiger charge is -2.33. The van der Waals surface area contributed by atoms with Crippen LogP contribution in [0.5, 0.6) is 5.75 Å². The number of sulfonamides is 1. The predicted octanol–water partition coefficient (Wildman–Crippen LogP) is 3.13. The number of carbonyl (C=O) groups excluding carboxylic acids is 1. The van der Waals surface area contributed by atoms with Crippen molar-refractivity contribution in [3.05, 3.63) is 23.8 Å². The van der Waals surface area contributed by atoms with Crippen LogP contribution in [0.3, 0.4) is 0 Å². The van der Waals surface area contributed by atoms with Crippen LogP contribution in [0.4, 0.5) is 0 Å². The molecule has 2 unspecified atom stereocenters. The fourth-order valence-corrected chi connectivity index (χ4v) is 6.01. The molecule has 2 heterocycles. The molecule has 150 valence electrons. The van der Waals surface area contributed by atoms with Crippen molar-refractivity contribution in [2.24, 2.45) is 5.92 Å². The third-order valence-electron chi connectivity index (χ3n) is 5.68. The van der Waals surface area contributed by atoms with Crippen molar-refractivity contribution < 1.29 is 17.9 Å². The Labute approximate surface area is 162 Å². The van der Waals surface area contributed by atoms with Gasteiger partial charge in [-0.3, -0.25) is 4.79 Å². The molecule has 1 aromatic carbocycles. The molecule has 1 amide bonds. The Kier molecular flexibility index (Phi) is 6.11. The van der Waals surface area contributed by atoms with Crippen LogP contribution in [0, 0.1) is 5.92 Å². The first-order chi connectivity index (χ1) is 12.8. The molecule has 0 N–H and O–H groups in total. The van der Waals surface area contributed by atoms with Gasteiger partial charge in [0.1, 0.15) is 10.6 Å². The molecule has 2 aliphatic heterocycles. The third-order valence-corrected chi connectivity index (χ3v) is 7.72. The first-order valence-corrected chi connectivity index (χ1v) is 11.3. The van der Waals surface area contributed by atoms with Gasteiger partial charge in [0.15, 0.2) is 0 Å². The number of amides is 1.